The zero-order valence-electron chi connectivity index (χ0n) is 8.51. The van der Waals surface area contributed by atoms with Crippen LogP contribution in [-0.2, 0) is 5.54 Å². The molecule has 0 atom stereocenters. The molecule has 0 N–H and O–H groups in total. The largest absolute Gasteiger partial charge is 0.278 e. The van der Waals surface area contributed by atoms with Crippen LogP contribution in [0.4, 0.5) is 0 Å². The van der Waals surface area contributed by atoms with E-state index in [-0.39, 0.29) is 5.54 Å². The Labute approximate surface area is 91.3 Å². The predicted molar refractivity (Wildman–Crippen MR) is 59.9 cm³/mol. The third-order valence-corrected chi connectivity index (χ3v) is 3.44. The summed E-state index contributed by atoms with van der Waals surface area (Å²) in [5.41, 5.74) is 0.821. The highest BCUT2D eigenvalue weighted by Crippen LogP contribution is 2.31. The lowest BCUT2D eigenvalue weighted by atomic mass is 10.1. The van der Waals surface area contributed by atoms with Gasteiger partial charge in [0.25, 0.3) is 0 Å². The third-order valence-electron chi connectivity index (χ3n) is 2.51. The Morgan fingerprint density at radius 2 is 2.27 bits per heavy atom. The highest BCUT2D eigenvalue weighted by atomic mass is 32.1. The van der Waals surface area contributed by atoms with Crippen molar-refractivity contribution in [2.24, 2.45) is 4.99 Å². The van der Waals surface area contributed by atoms with Crippen LogP contribution in [0.5, 0.6) is 0 Å². The second kappa shape index (κ2) is 2.76. The van der Waals surface area contributed by atoms with Crippen molar-refractivity contribution in [3.05, 3.63) is 29.2 Å². The van der Waals surface area contributed by atoms with Crippen LogP contribution in [-0.4, -0.2) is 21.0 Å². The van der Waals surface area contributed by atoms with Crippen LogP contribution >= 0.6 is 11.3 Å². The lowest BCUT2D eigenvalue weighted by Crippen LogP contribution is -2.18. The van der Waals surface area contributed by atoms with Gasteiger partial charge in [-0.05, 0) is 25.3 Å². The summed E-state index contributed by atoms with van der Waals surface area (Å²) in [6, 6.07) is 2.06. The minimum absolute atomic E-state index is 0.310. The van der Waals surface area contributed by atoms with Gasteiger partial charge in [0.1, 0.15) is 16.9 Å². The number of hydrogen-bond donors (Lipinski definition) is 0. The zero-order valence-corrected chi connectivity index (χ0v) is 9.32. The Kier molecular flexibility index (Phi) is 1.62. The fourth-order valence-electron chi connectivity index (χ4n) is 1.69. The van der Waals surface area contributed by atoms with Crippen LogP contribution in [0.15, 0.2) is 22.8 Å². The molecule has 0 aromatic carbocycles. The second-order valence-electron chi connectivity index (χ2n) is 4.02. The summed E-state index contributed by atoms with van der Waals surface area (Å²) in [4.78, 5) is 4.54. The van der Waals surface area contributed by atoms with E-state index in [1.165, 1.54) is 0 Å². The summed E-state index contributed by atoms with van der Waals surface area (Å²) in [5.74, 6) is 0.889. The lowest BCUT2D eigenvalue weighted by molar-refractivity contribution is 0.513. The van der Waals surface area contributed by atoms with Gasteiger partial charge in [-0.25, -0.2) is 0 Å². The van der Waals surface area contributed by atoms with Crippen molar-refractivity contribution in [3.63, 3.8) is 0 Å². The molecule has 2 aromatic heterocycles. The third kappa shape index (κ3) is 1.16. The molecule has 0 radical (unpaired) electrons. The summed E-state index contributed by atoms with van der Waals surface area (Å²) in [7, 11) is 0. The standard InChI is InChI=1S/C10H10N4S/c1-10(2)9-13-12-6-14(9)8-7(5-11-10)3-4-15-8/h3-6H,1-2H3. The van der Waals surface area contributed by atoms with Crippen LogP contribution in [0, 0.1) is 0 Å². The van der Waals surface area contributed by atoms with Crippen molar-refractivity contribution in [2.75, 3.05) is 0 Å². The van der Waals surface area contributed by atoms with Gasteiger partial charge in [-0.3, -0.25) is 9.56 Å². The Bertz CT molecular complexity index is 535. The van der Waals surface area contributed by atoms with Crippen molar-refractivity contribution in [2.45, 2.75) is 19.4 Å². The van der Waals surface area contributed by atoms with Gasteiger partial charge in [0.05, 0.1) is 0 Å². The molecule has 4 nitrogen and oxygen atoms in total. The number of rotatable bonds is 0. The maximum absolute atomic E-state index is 4.54. The first-order valence-corrected chi connectivity index (χ1v) is 5.60. The van der Waals surface area contributed by atoms with Crippen molar-refractivity contribution < 1.29 is 0 Å². The first kappa shape index (κ1) is 8.79. The fraction of sp³-hybridized carbons (Fsp3) is 0.300. The Balaban J connectivity index is 2.36. The Morgan fingerprint density at radius 1 is 1.40 bits per heavy atom. The van der Waals surface area contributed by atoms with E-state index in [0.717, 1.165) is 16.4 Å². The van der Waals surface area contributed by atoms with E-state index in [9.17, 15) is 0 Å². The molecule has 0 fully saturated rings. The van der Waals surface area contributed by atoms with Gasteiger partial charge in [0, 0.05) is 11.8 Å². The second-order valence-corrected chi connectivity index (χ2v) is 4.92. The van der Waals surface area contributed by atoms with Crippen LogP contribution in [0.25, 0.3) is 5.00 Å². The van der Waals surface area contributed by atoms with Gasteiger partial charge in [-0.2, -0.15) is 0 Å². The first-order chi connectivity index (χ1) is 7.18. The van der Waals surface area contributed by atoms with Gasteiger partial charge < -0.3 is 0 Å². The lowest BCUT2D eigenvalue weighted by Gasteiger charge is -2.16. The summed E-state index contributed by atoms with van der Waals surface area (Å²) < 4.78 is 2.02. The van der Waals surface area contributed by atoms with E-state index in [2.05, 4.69) is 26.6 Å². The van der Waals surface area contributed by atoms with Gasteiger partial charge in [-0.1, -0.05) is 0 Å². The van der Waals surface area contributed by atoms with Crippen molar-refractivity contribution in [1.29, 1.82) is 0 Å². The predicted octanol–water partition coefficient (Wildman–Crippen LogP) is 2.00. The molecule has 0 unspecified atom stereocenters. The number of thiophene rings is 1. The molecule has 76 valence electrons. The molecule has 3 heterocycles. The van der Waals surface area contributed by atoms with Crippen LogP contribution < -0.4 is 0 Å². The average Bonchev–Trinajstić information content (AvgIpc) is 2.81. The molecule has 1 aliphatic rings. The Morgan fingerprint density at radius 3 is 3.13 bits per heavy atom. The summed E-state index contributed by atoms with van der Waals surface area (Å²) >= 11 is 1.68. The maximum atomic E-state index is 4.54. The highest BCUT2D eigenvalue weighted by Gasteiger charge is 2.28. The molecule has 1 aliphatic heterocycles. The van der Waals surface area contributed by atoms with Gasteiger partial charge in [0.2, 0.25) is 0 Å². The van der Waals surface area contributed by atoms with E-state index in [1.54, 1.807) is 17.7 Å². The number of aromatic nitrogens is 3. The normalized spacial score (nSPS) is 16.9. The number of nitrogens with zero attached hydrogens (tertiary/aromatic N) is 4. The highest BCUT2D eigenvalue weighted by molar-refractivity contribution is 7.13. The maximum Gasteiger partial charge on any atom is 0.165 e. The smallest absolute Gasteiger partial charge is 0.165 e. The van der Waals surface area contributed by atoms with E-state index < -0.39 is 0 Å². The molecule has 0 amide bonds. The number of fused-ring (bicyclic) bond motifs is 3. The van der Waals surface area contributed by atoms with Crippen molar-refractivity contribution in [1.82, 2.24) is 14.8 Å². The topological polar surface area (TPSA) is 43.1 Å². The molecule has 0 aliphatic carbocycles. The molecule has 15 heavy (non-hydrogen) atoms. The first-order valence-electron chi connectivity index (χ1n) is 4.72. The summed E-state index contributed by atoms with van der Waals surface area (Å²) in [6.07, 6.45) is 3.67. The molecular weight excluding hydrogens is 208 g/mol. The molecule has 3 rings (SSSR count). The molecule has 0 saturated carbocycles. The van der Waals surface area contributed by atoms with Crippen LogP contribution in [0.1, 0.15) is 25.2 Å². The van der Waals surface area contributed by atoms with Crippen molar-refractivity contribution in [3.8, 4) is 5.00 Å². The van der Waals surface area contributed by atoms with Gasteiger partial charge in [-0.15, -0.1) is 21.5 Å². The van der Waals surface area contributed by atoms with Crippen LogP contribution in [0.2, 0.25) is 0 Å². The average molecular weight is 218 g/mol. The quantitative estimate of drug-likeness (QED) is 0.678. The zero-order chi connectivity index (χ0) is 10.5. The molecule has 0 saturated heterocycles. The molecule has 0 bridgehead atoms. The Hall–Kier alpha value is -1.49. The van der Waals surface area contributed by atoms with Crippen LogP contribution in [0.3, 0.4) is 0 Å². The van der Waals surface area contributed by atoms with Gasteiger partial charge >= 0.3 is 0 Å². The molecule has 2 aromatic rings. The van der Waals surface area contributed by atoms with E-state index in [4.69, 9.17) is 0 Å². The minimum Gasteiger partial charge on any atom is -0.278 e. The number of aliphatic imine (C=N–C) groups is 1. The fourth-order valence-corrected chi connectivity index (χ4v) is 2.54. The van der Waals surface area contributed by atoms with E-state index in [1.807, 2.05) is 24.6 Å². The summed E-state index contributed by atoms with van der Waals surface area (Å²) in [5, 5.41) is 11.3. The monoisotopic (exact) mass is 218 g/mol. The minimum atomic E-state index is -0.310. The van der Waals surface area contributed by atoms with E-state index >= 15 is 0 Å². The van der Waals surface area contributed by atoms with E-state index in [0.29, 0.717) is 0 Å². The molecule has 5 heteroatoms. The number of hydrogen-bond acceptors (Lipinski definition) is 4. The van der Waals surface area contributed by atoms with Crippen molar-refractivity contribution >= 4 is 17.6 Å². The molecular formula is C10H10N4S. The SMILES string of the molecule is CC1(C)N=Cc2ccsc2-n2cnnc21. The molecule has 0 spiro atoms. The summed E-state index contributed by atoms with van der Waals surface area (Å²) in [6.45, 7) is 4.08. The van der Waals surface area contributed by atoms with Gasteiger partial charge in [0.15, 0.2) is 5.82 Å².